The van der Waals surface area contributed by atoms with Crippen molar-refractivity contribution in [1.29, 1.82) is 5.26 Å². The molecule has 0 aromatic carbocycles. The number of anilines is 1. The SMILES string of the molecule is C=C(C(=O)N(C1=C(C)c2ncc(F)cc2OC1)c1cccnc1)/C(C)=C(/C)C#N. The number of carbonyl (C=O) groups is 1. The number of aromatic nitrogens is 2. The first-order valence-corrected chi connectivity index (χ1v) is 8.85. The minimum Gasteiger partial charge on any atom is -0.485 e. The Morgan fingerprint density at radius 2 is 2.14 bits per heavy atom. The molecule has 146 valence electrons. The molecule has 7 heteroatoms. The van der Waals surface area contributed by atoms with Gasteiger partial charge in [0.2, 0.25) is 0 Å². The second kappa shape index (κ2) is 8.07. The summed E-state index contributed by atoms with van der Waals surface area (Å²) in [6, 6.07) is 6.75. The second-order valence-electron chi connectivity index (χ2n) is 6.55. The first kappa shape index (κ1) is 20.0. The van der Waals surface area contributed by atoms with E-state index < -0.39 is 11.7 Å². The molecule has 0 saturated carbocycles. The Morgan fingerprint density at radius 3 is 2.79 bits per heavy atom. The number of nitriles is 1. The molecular formula is C22H19FN4O2. The van der Waals surface area contributed by atoms with Gasteiger partial charge in [-0.3, -0.25) is 14.7 Å². The zero-order valence-corrected chi connectivity index (χ0v) is 16.4. The van der Waals surface area contributed by atoms with Gasteiger partial charge in [-0.25, -0.2) is 9.37 Å². The summed E-state index contributed by atoms with van der Waals surface area (Å²) in [7, 11) is 0. The fraction of sp³-hybridized carbons (Fsp3) is 0.182. The number of pyridine rings is 2. The quantitative estimate of drug-likeness (QED) is 0.444. The van der Waals surface area contributed by atoms with Crippen LogP contribution in [0.3, 0.4) is 0 Å². The van der Waals surface area contributed by atoms with Crippen molar-refractivity contribution in [1.82, 2.24) is 9.97 Å². The van der Waals surface area contributed by atoms with E-state index in [9.17, 15) is 9.18 Å². The number of amides is 1. The van der Waals surface area contributed by atoms with Crippen LogP contribution in [0.1, 0.15) is 26.5 Å². The number of halogens is 1. The number of carbonyl (C=O) groups excluding carboxylic acids is 1. The predicted molar refractivity (Wildman–Crippen MR) is 107 cm³/mol. The van der Waals surface area contributed by atoms with Crippen LogP contribution in [0.15, 0.2) is 65.8 Å². The molecule has 29 heavy (non-hydrogen) atoms. The standard InChI is InChI=1S/C22H19FN4O2/c1-13(9-24)14(2)15(3)22(28)27(18-6-5-7-25-11-18)19-12-29-20-8-17(23)10-26-21(20)16(19)4/h5-8,10-11H,3,12H2,1-2,4H3/b14-13-. The molecule has 3 rings (SSSR count). The highest BCUT2D eigenvalue weighted by molar-refractivity contribution is 6.11. The minimum absolute atomic E-state index is 0.0396. The lowest BCUT2D eigenvalue weighted by Crippen LogP contribution is -2.36. The maximum atomic E-state index is 13.5. The predicted octanol–water partition coefficient (Wildman–Crippen LogP) is 4.19. The maximum Gasteiger partial charge on any atom is 0.262 e. The first-order valence-electron chi connectivity index (χ1n) is 8.85. The summed E-state index contributed by atoms with van der Waals surface area (Å²) in [6.07, 6.45) is 4.26. The van der Waals surface area contributed by atoms with E-state index in [1.54, 1.807) is 45.3 Å². The number of hydrogen-bond acceptors (Lipinski definition) is 5. The average molecular weight is 390 g/mol. The highest BCUT2D eigenvalue weighted by Crippen LogP contribution is 2.35. The van der Waals surface area contributed by atoms with Crippen molar-refractivity contribution in [3.63, 3.8) is 0 Å². The Bertz CT molecular complexity index is 1100. The van der Waals surface area contributed by atoms with Crippen molar-refractivity contribution in [2.75, 3.05) is 11.5 Å². The van der Waals surface area contributed by atoms with Gasteiger partial charge in [-0.15, -0.1) is 0 Å². The van der Waals surface area contributed by atoms with E-state index >= 15 is 0 Å². The van der Waals surface area contributed by atoms with E-state index in [0.717, 1.165) is 6.20 Å². The molecule has 6 nitrogen and oxygen atoms in total. The van der Waals surface area contributed by atoms with Crippen molar-refractivity contribution in [2.45, 2.75) is 20.8 Å². The summed E-state index contributed by atoms with van der Waals surface area (Å²) in [5, 5.41) is 9.16. The normalized spacial score (nSPS) is 13.6. The third kappa shape index (κ3) is 3.78. The molecule has 0 aliphatic carbocycles. The van der Waals surface area contributed by atoms with E-state index in [1.165, 1.54) is 11.0 Å². The zero-order chi connectivity index (χ0) is 21.1. The van der Waals surface area contributed by atoms with Crippen LogP contribution in [0.4, 0.5) is 10.1 Å². The largest absolute Gasteiger partial charge is 0.485 e. The lowest BCUT2D eigenvalue weighted by atomic mass is 10.0. The van der Waals surface area contributed by atoms with Crippen LogP contribution in [0.2, 0.25) is 0 Å². The smallest absolute Gasteiger partial charge is 0.262 e. The van der Waals surface area contributed by atoms with Crippen molar-refractivity contribution >= 4 is 17.2 Å². The third-order valence-corrected chi connectivity index (χ3v) is 4.79. The molecule has 0 atom stereocenters. The Labute approximate surface area is 168 Å². The molecule has 1 aliphatic rings. The van der Waals surface area contributed by atoms with Crippen LogP contribution < -0.4 is 9.64 Å². The topological polar surface area (TPSA) is 79.1 Å². The lowest BCUT2D eigenvalue weighted by molar-refractivity contribution is -0.114. The van der Waals surface area contributed by atoms with E-state index in [-0.39, 0.29) is 12.2 Å². The van der Waals surface area contributed by atoms with Crippen molar-refractivity contribution in [3.05, 3.63) is 77.3 Å². The fourth-order valence-corrected chi connectivity index (χ4v) is 2.92. The molecule has 0 fully saturated rings. The van der Waals surface area contributed by atoms with Crippen LogP contribution in [-0.4, -0.2) is 22.5 Å². The molecule has 1 amide bonds. The minimum atomic E-state index is -0.499. The molecule has 1 aliphatic heterocycles. The Morgan fingerprint density at radius 1 is 1.38 bits per heavy atom. The zero-order valence-electron chi connectivity index (χ0n) is 16.4. The summed E-state index contributed by atoms with van der Waals surface area (Å²) in [6.45, 7) is 9.04. The van der Waals surface area contributed by atoms with Gasteiger partial charge < -0.3 is 4.74 Å². The van der Waals surface area contributed by atoms with E-state index in [0.29, 0.717) is 39.5 Å². The number of fused-ring (bicyclic) bond motifs is 1. The number of nitrogens with zero attached hydrogens (tertiary/aromatic N) is 4. The lowest BCUT2D eigenvalue weighted by Gasteiger charge is -2.31. The van der Waals surface area contributed by atoms with E-state index in [4.69, 9.17) is 10.00 Å². The average Bonchev–Trinajstić information content (AvgIpc) is 2.74. The molecule has 0 radical (unpaired) electrons. The van der Waals surface area contributed by atoms with Gasteiger partial charge in [0.1, 0.15) is 23.9 Å². The highest BCUT2D eigenvalue weighted by atomic mass is 19.1. The molecule has 0 spiro atoms. The van der Waals surface area contributed by atoms with Gasteiger partial charge in [0, 0.05) is 29.0 Å². The molecule has 0 unspecified atom stereocenters. The van der Waals surface area contributed by atoms with Gasteiger partial charge >= 0.3 is 0 Å². The molecule has 0 bridgehead atoms. The Kier molecular flexibility index (Phi) is 5.55. The summed E-state index contributed by atoms with van der Waals surface area (Å²) in [5.74, 6) is -0.588. The molecular weight excluding hydrogens is 371 g/mol. The molecule has 3 heterocycles. The summed E-state index contributed by atoms with van der Waals surface area (Å²) >= 11 is 0. The second-order valence-corrected chi connectivity index (χ2v) is 6.55. The Balaban J connectivity index is 2.14. The van der Waals surface area contributed by atoms with Crippen LogP contribution in [-0.2, 0) is 4.79 Å². The first-order chi connectivity index (χ1) is 13.8. The van der Waals surface area contributed by atoms with Crippen molar-refractivity contribution in [3.8, 4) is 11.8 Å². The summed E-state index contributed by atoms with van der Waals surface area (Å²) < 4.78 is 19.2. The van der Waals surface area contributed by atoms with Gasteiger partial charge in [0.25, 0.3) is 5.91 Å². The number of rotatable bonds is 4. The summed E-state index contributed by atoms with van der Waals surface area (Å²) in [5.41, 5.74) is 3.29. The monoisotopic (exact) mass is 390 g/mol. The van der Waals surface area contributed by atoms with Crippen molar-refractivity contribution in [2.24, 2.45) is 0 Å². The number of hydrogen-bond donors (Lipinski definition) is 0. The molecule has 2 aromatic rings. The van der Waals surface area contributed by atoms with Crippen LogP contribution in [0.25, 0.3) is 5.57 Å². The Hall–Kier alpha value is -3.79. The fourth-order valence-electron chi connectivity index (χ4n) is 2.92. The molecule has 0 N–H and O–H groups in total. The van der Waals surface area contributed by atoms with Crippen molar-refractivity contribution < 1.29 is 13.9 Å². The van der Waals surface area contributed by atoms with Gasteiger partial charge in [-0.1, -0.05) is 6.58 Å². The third-order valence-electron chi connectivity index (χ3n) is 4.79. The van der Waals surface area contributed by atoms with E-state index in [1.807, 2.05) is 6.07 Å². The highest BCUT2D eigenvalue weighted by Gasteiger charge is 2.30. The summed E-state index contributed by atoms with van der Waals surface area (Å²) in [4.78, 5) is 23.1. The molecule has 0 saturated heterocycles. The van der Waals surface area contributed by atoms with Crippen LogP contribution in [0, 0.1) is 17.1 Å². The maximum absolute atomic E-state index is 13.5. The van der Waals surface area contributed by atoms with E-state index in [2.05, 4.69) is 16.5 Å². The number of ether oxygens (including phenoxy) is 1. The van der Waals surface area contributed by atoms with Gasteiger partial charge in [-0.05, 0) is 38.5 Å². The number of allylic oxidation sites excluding steroid dienone is 2. The molecule has 2 aromatic heterocycles. The van der Waals surface area contributed by atoms with Gasteiger partial charge in [0.05, 0.1) is 29.8 Å². The van der Waals surface area contributed by atoms with Crippen LogP contribution in [0.5, 0.6) is 5.75 Å². The van der Waals surface area contributed by atoms with Crippen LogP contribution >= 0.6 is 0 Å². The van der Waals surface area contributed by atoms with Gasteiger partial charge in [-0.2, -0.15) is 5.26 Å². The van der Waals surface area contributed by atoms with Gasteiger partial charge in [0.15, 0.2) is 0 Å².